The molecule has 0 N–H and O–H groups in total. The van der Waals surface area contributed by atoms with Crippen LogP contribution >= 0.6 is 22.9 Å². The molecule has 0 aliphatic carbocycles. The van der Waals surface area contributed by atoms with E-state index in [1.807, 2.05) is 5.38 Å². The Labute approximate surface area is 79.3 Å². The van der Waals surface area contributed by atoms with Gasteiger partial charge >= 0.3 is 0 Å². The van der Waals surface area contributed by atoms with Crippen molar-refractivity contribution in [1.29, 1.82) is 0 Å². The number of carbonyl (C=O) groups excluding carboxylic acids is 1. The predicted octanol–water partition coefficient (Wildman–Crippen LogP) is 2.12. The lowest BCUT2D eigenvalue weighted by Crippen LogP contribution is -1.97. The van der Waals surface area contributed by atoms with Crippen LogP contribution in [-0.2, 0) is 15.4 Å². The monoisotopic (exact) mass is 205 g/mol. The van der Waals surface area contributed by atoms with Crippen LogP contribution in [0.5, 0.6) is 0 Å². The van der Waals surface area contributed by atoms with Crippen LogP contribution < -0.4 is 0 Å². The van der Waals surface area contributed by atoms with Crippen molar-refractivity contribution in [1.82, 2.24) is 4.98 Å². The molecule has 0 fully saturated rings. The number of halogens is 1. The molecule has 0 bridgehead atoms. The molecule has 0 saturated carbocycles. The molecule has 3 nitrogen and oxygen atoms in total. The lowest BCUT2D eigenvalue weighted by molar-refractivity contribution is -0.133. The number of nitrogens with zero attached hydrogens (tertiary/aromatic N) is 1. The standard InChI is InChI=1S/C7H8ClNO2S/c1-5(11-4-10)7-9-6(2-8)3-12-7/h3-5H,2H2,1H3. The number of alkyl halides is 1. The summed E-state index contributed by atoms with van der Waals surface area (Å²) >= 11 is 7.00. The smallest absolute Gasteiger partial charge is 0.293 e. The maximum Gasteiger partial charge on any atom is 0.293 e. The molecule has 1 rings (SSSR count). The lowest BCUT2D eigenvalue weighted by atomic mass is 10.4. The minimum Gasteiger partial charge on any atom is -0.457 e. The van der Waals surface area contributed by atoms with Gasteiger partial charge in [0.05, 0.1) is 11.6 Å². The fraction of sp³-hybridized carbons (Fsp3) is 0.429. The van der Waals surface area contributed by atoms with Crippen LogP contribution in [0.1, 0.15) is 23.7 Å². The summed E-state index contributed by atoms with van der Waals surface area (Å²) in [5.41, 5.74) is 0.818. The van der Waals surface area contributed by atoms with Crippen LogP contribution in [0.4, 0.5) is 0 Å². The molecule has 0 spiro atoms. The van der Waals surface area contributed by atoms with Crippen molar-refractivity contribution in [2.45, 2.75) is 18.9 Å². The Morgan fingerprint density at radius 2 is 2.67 bits per heavy atom. The van der Waals surface area contributed by atoms with E-state index in [0.717, 1.165) is 10.7 Å². The number of hydrogen-bond acceptors (Lipinski definition) is 4. The predicted molar refractivity (Wildman–Crippen MR) is 47.2 cm³/mol. The topological polar surface area (TPSA) is 39.2 Å². The Morgan fingerprint density at radius 1 is 1.92 bits per heavy atom. The van der Waals surface area contributed by atoms with Gasteiger partial charge in [0, 0.05) is 5.38 Å². The molecule has 1 atom stereocenters. The minimum atomic E-state index is -0.274. The normalized spacial score (nSPS) is 12.5. The maximum absolute atomic E-state index is 9.99. The first-order valence-electron chi connectivity index (χ1n) is 3.37. The highest BCUT2D eigenvalue weighted by atomic mass is 35.5. The van der Waals surface area contributed by atoms with Gasteiger partial charge in [-0.3, -0.25) is 4.79 Å². The SMILES string of the molecule is CC(OC=O)c1nc(CCl)cs1. The van der Waals surface area contributed by atoms with Gasteiger partial charge in [-0.25, -0.2) is 4.98 Å². The highest BCUT2D eigenvalue weighted by Crippen LogP contribution is 2.20. The first-order chi connectivity index (χ1) is 5.77. The van der Waals surface area contributed by atoms with Crippen molar-refractivity contribution in [3.63, 3.8) is 0 Å². The molecule has 1 heterocycles. The summed E-state index contributed by atoms with van der Waals surface area (Å²) in [6, 6.07) is 0. The molecular weight excluding hydrogens is 198 g/mol. The van der Waals surface area contributed by atoms with E-state index in [-0.39, 0.29) is 6.10 Å². The second kappa shape index (κ2) is 4.42. The molecule has 1 aromatic heterocycles. The van der Waals surface area contributed by atoms with E-state index >= 15 is 0 Å². The minimum absolute atomic E-state index is 0.274. The zero-order valence-corrected chi connectivity index (χ0v) is 8.06. The van der Waals surface area contributed by atoms with Gasteiger partial charge in [0.15, 0.2) is 0 Å². The van der Waals surface area contributed by atoms with E-state index in [2.05, 4.69) is 4.98 Å². The van der Waals surface area contributed by atoms with Gasteiger partial charge in [0.1, 0.15) is 11.1 Å². The molecule has 12 heavy (non-hydrogen) atoms. The third-order valence-corrected chi connectivity index (χ3v) is 2.64. The quantitative estimate of drug-likeness (QED) is 0.558. The highest BCUT2D eigenvalue weighted by molar-refractivity contribution is 7.09. The third-order valence-electron chi connectivity index (χ3n) is 1.31. The Morgan fingerprint density at radius 3 is 3.17 bits per heavy atom. The van der Waals surface area contributed by atoms with Gasteiger partial charge in [-0.15, -0.1) is 22.9 Å². The second-order valence-corrected chi connectivity index (χ2v) is 3.34. The fourth-order valence-electron chi connectivity index (χ4n) is 0.712. The fourth-order valence-corrected chi connectivity index (χ4v) is 1.75. The molecule has 0 aromatic carbocycles. The Kier molecular flexibility index (Phi) is 3.49. The molecule has 0 aliphatic heterocycles. The van der Waals surface area contributed by atoms with Crippen LogP contribution in [0.15, 0.2) is 5.38 Å². The molecule has 0 radical (unpaired) electrons. The summed E-state index contributed by atoms with van der Waals surface area (Å²) in [4.78, 5) is 14.1. The van der Waals surface area contributed by atoms with E-state index in [0.29, 0.717) is 12.4 Å². The number of carbonyl (C=O) groups is 1. The van der Waals surface area contributed by atoms with Crippen molar-refractivity contribution < 1.29 is 9.53 Å². The molecule has 5 heteroatoms. The molecular formula is C7H8ClNO2S. The van der Waals surface area contributed by atoms with E-state index < -0.39 is 0 Å². The number of aromatic nitrogens is 1. The first-order valence-corrected chi connectivity index (χ1v) is 4.78. The summed E-state index contributed by atoms with van der Waals surface area (Å²) in [6.07, 6.45) is -0.274. The van der Waals surface area contributed by atoms with Gasteiger partial charge in [0.2, 0.25) is 0 Å². The average Bonchev–Trinajstić information content (AvgIpc) is 2.52. The lowest BCUT2D eigenvalue weighted by Gasteiger charge is -2.03. The molecule has 0 amide bonds. The highest BCUT2D eigenvalue weighted by Gasteiger charge is 2.09. The van der Waals surface area contributed by atoms with Crippen LogP contribution in [0, 0.1) is 0 Å². The van der Waals surface area contributed by atoms with E-state index in [1.54, 1.807) is 6.92 Å². The largest absolute Gasteiger partial charge is 0.457 e. The Hall–Kier alpha value is -0.610. The summed E-state index contributed by atoms with van der Waals surface area (Å²) in [6.45, 7) is 2.19. The molecule has 66 valence electrons. The van der Waals surface area contributed by atoms with Crippen molar-refractivity contribution in [3.8, 4) is 0 Å². The van der Waals surface area contributed by atoms with E-state index in [1.165, 1.54) is 11.3 Å². The number of rotatable bonds is 4. The van der Waals surface area contributed by atoms with Crippen LogP contribution in [-0.4, -0.2) is 11.5 Å². The Balaban J connectivity index is 2.67. The van der Waals surface area contributed by atoms with Gasteiger partial charge in [-0.2, -0.15) is 0 Å². The van der Waals surface area contributed by atoms with E-state index in [4.69, 9.17) is 16.3 Å². The summed E-state index contributed by atoms with van der Waals surface area (Å²) in [7, 11) is 0. The van der Waals surface area contributed by atoms with Crippen molar-refractivity contribution in [2.24, 2.45) is 0 Å². The molecule has 0 saturated heterocycles. The number of thiazole rings is 1. The average molecular weight is 206 g/mol. The van der Waals surface area contributed by atoms with Crippen LogP contribution in [0.3, 0.4) is 0 Å². The number of hydrogen-bond donors (Lipinski definition) is 0. The zero-order valence-electron chi connectivity index (χ0n) is 6.49. The van der Waals surface area contributed by atoms with Gasteiger partial charge < -0.3 is 4.74 Å². The molecule has 0 aliphatic rings. The van der Waals surface area contributed by atoms with E-state index in [9.17, 15) is 4.79 Å². The van der Waals surface area contributed by atoms with Gasteiger partial charge in [0.25, 0.3) is 6.47 Å². The van der Waals surface area contributed by atoms with Crippen molar-refractivity contribution in [2.75, 3.05) is 0 Å². The number of ether oxygens (including phenoxy) is 1. The van der Waals surface area contributed by atoms with Crippen LogP contribution in [0.2, 0.25) is 0 Å². The molecule has 1 unspecified atom stereocenters. The van der Waals surface area contributed by atoms with Gasteiger partial charge in [-0.1, -0.05) is 0 Å². The van der Waals surface area contributed by atoms with Crippen molar-refractivity contribution >= 4 is 29.4 Å². The summed E-state index contributed by atoms with van der Waals surface area (Å²) in [5.74, 6) is 0.393. The second-order valence-electron chi connectivity index (χ2n) is 2.19. The Bertz CT molecular complexity index is 264. The van der Waals surface area contributed by atoms with Gasteiger partial charge in [-0.05, 0) is 6.92 Å². The van der Waals surface area contributed by atoms with Crippen molar-refractivity contribution in [3.05, 3.63) is 16.1 Å². The maximum atomic E-state index is 9.99. The summed E-state index contributed by atoms with van der Waals surface area (Å²) < 4.78 is 4.71. The zero-order chi connectivity index (χ0) is 8.97. The molecule has 1 aromatic rings. The summed E-state index contributed by atoms with van der Waals surface area (Å²) in [5, 5.41) is 2.63. The van der Waals surface area contributed by atoms with Crippen LogP contribution in [0.25, 0.3) is 0 Å². The first kappa shape index (κ1) is 9.48. The third kappa shape index (κ3) is 2.19.